The highest BCUT2D eigenvalue weighted by atomic mass is 15.4. The van der Waals surface area contributed by atoms with E-state index in [0.29, 0.717) is 0 Å². The van der Waals surface area contributed by atoms with Crippen molar-refractivity contribution < 1.29 is 0 Å². The van der Waals surface area contributed by atoms with E-state index in [4.69, 9.17) is 0 Å². The van der Waals surface area contributed by atoms with Gasteiger partial charge in [-0.05, 0) is 39.0 Å². The minimum atomic E-state index is 0.215. The first kappa shape index (κ1) is 14.0. The van der Waals surface area contributed by atoms with Crippen LogP contribution in [0.25, 0.3) is 0 Å². The molecule has 1 saturated heterocycles. The van der Waals surface area contributed by atoms with E-state index < -0.39 is 0 Å². The molecule has 3 rings (SSSR count). The van der Waals surface area contributed by atoms with Gasteiger partial charge in [-0.1, -0.05) is 6.92 Å². The van der Waals surface area contributed by atoms with E-state index in [0.717, 1.165) is 37.8 Å². The molecule has 2 heterocycles. The average Bonchev–Trinajstić information content (AvgIpc) is 3.21. The molecule has 20 heavy (non-hydrogen) atoms. The summed E-state index contributed by atoms with van der Waals surface area (Å²) < 4.78 is 1.90. The van der Waals surface area contributed by atoms with Crippen LogP contribution in [0.2, 0.25) is 0 Å². The Balaban J connectivity index is 1.83. The smallest absolute Gasteiger partial charge is 0.140 e. The van der Waals surface area contributed by atoms with E-state index >= 15 is 0 Å². The summed E-state index contributed by atoms with van der Waals surface area (Å²) in [5.74, 6) is 1.90. The van der Waals surface area contributed by atoms with Gasteiger partial charge in [0.25, 0.3) is 0 Å². The lowest BCUT2D eigenvalue weighted by Crippen LogP contribution is -2.68. The fraction of sp³-hybridized carbons (Fsp3) is 0.867. The molecule has 0 bridgehead atoms. The molecule has 2 unspecified atom stereocenters. The molecule has 5 nitrogen and oxygen atoms in total. The number of aryl methyl sites for hydroxylation is 1. The zero-order valence-corrected chi connectivity index (χ0v) is 13.2. The Morgan fingerprint density at radius 2 is 2.15 bits per heavy atom. The molecule has 112 valence electrons. The van der Waals surface area contributed by atoms with Crippen molar-refractivity contribution in [1.82, 2.24) is 25.0 Å². The standard InChI is InChI=1S/C15H27N5/c1-5-14(2)10-20(8-13-16-11-18-19(13)4)15(3,9-17-14)12-6-7-12/h11-12,17H,5-10H2,1-4H3. The first-order valence-electron chi connectivity index (χ1n) is 7.80. The van der Waals surface area contributed by atoms with E-state index in [1.807, 2.05) is 11.7 Å². The quantitative estimate of drug-likeness (QED) is 0.907. The van der Waals surface area contributed by atoms with Crippen LogP contribution in [-0.2, 0) is 13.6 Å². The molecular formula is C15H27N5. The highest BCUT2D eigenvalue weighted by Crippen LogP contribution is 2.45. The summed E-state index contributed by atoms with van der Waals surface area (Å²) in [4.78, 5) is 7.07. The highest BCUT2D eigenvalue weighted by molar-refractivity contribution is 5.08. The van der Waals surface area contributed by atoms with Crippen molar-refractivity contribution in [2.24, 2.45) is 13.0 Å². The predicted octanol–water partition coefficient (Wildman–Crippen LogP) is 1.56. The Morgan fingerprint density at radius 1 is 1.40 bits per heavy atom. The van der Waals surface area contributed by atoms with Crippen molar-refractivity contribution in [3.63, 3.8) is 0 Å². The number of hydrogen-bond donors (Lipinski definition) is 1. The topological polar surface area (TPSA) is 46.0 Å². The molecule has 1 aliphatic carbocycles. The van der Waals surface area contributed by atoms with Crippen LogP contribution in [0.15, 0.2) is 6.33 Å². The first-order valence-corrected chi connectivity index (χ1v) is 7.80. The second kappa shape index (κ2) is 4.81. The molecule has 0 spiro atoms. The molecule has 1 aromatic rings. The summed E-state index contributed by atoms with van der Waals surface area (Å²) >= 11 is 0. The van der Waals surface area contributed by atoms with E-state index in [9.17, 15) is 0 Å². The van der Waals surface area contributed by atoms with Crippen molar-refractivity contribution in [2.45, 2.75) is 57.7 Å². The normalized spacial score (nSPS) is 35.4. The summed E-state index contributed by atoms with van der Waals surface area (Å²) in [5.41, 5.74) is 0.480. The van der Waals surface area contributed by atoms with Crippen LogP contribution in [-0.4, -0.2) is 43.8 Å². The maximum atomic E-state index is 4.42. The van der Waals surface area contributed by atoms with Gasteiger partial charge in [0.05, 0.1) is 6.54 Å². The molecule has 1 aliphatic heterocycles. The third-order valence-electron chi connectivity index (χ3n) is 5.51. The van der Waals surface area contributed by atoms with Gasteiger partial charge in [0.2, 0.25) is 0 Å². The Morgan fingerprint density at radius 3 is 2.70 bits per heavy atom. The molecule has 2 fully saturated rings. The summed E-state index contributed by atoms with van der Waals surface area (Å²) in [6.07, 6.45) is 5.56. The number of aromatic nitrogens is 3. The molecule has 2 aliphatic rings. The Bertz CT molecular complexity index is 480. The van der Waals surface area contributed by atoms with Crippen molar-refractivity contribution in [1.29, 1.82) is 0 Å². The largest absolute Gasteiger partial charge is 0.308 e. The zero-order chi connectivity index (χ0) is 14.4. The second-order valence-corrected chi connectivity index (χ2v) is 7.06. The lowest BCUT2D eigenvalue weighted by molar-refractivity contribution is -0.00379. The van der Waals surface area contributed by atoms with E-state index in [2.05, 4.69) is 41.1 Å². The van der Waals surface area contributed by atoms with Gasteiger partial charge >= 0.3 is 0 Å². The number of nitrogens with zero attached hydrogens (tertiary/aromatic N) is 4. The Labute approximate surface area is 121 Å². The first-order chi connectivity index (χ1) is 9.47. The van der Waals surface area contributed by atoms with Crippen LogP contribution in [0.5, 0.6) is 0 Å². The van der Waals surface area contributed by atoms with Gasteiger partial charge in [0, 0.05) is 31.2 Å². The van der Waals surface area contributed by atoms with E-state index in [-0.39, 0.29) is 11.1 Å². The fourth-order valence-electron chi connectivity index (χ4n) is 3.38. The van der Waals surface area contributed by atoms with Gasteiger partial charge in [0.1, 0.15) is 12.2 Å². The summed E-state index contributed by atoms with van der Waals surface area (Å²) in [6, 6.07) is 0. The number of rotatable bonds is 4. The van der Waals surface area contributed by atoms with Gasteiger partial charge in [-0.25, -0.2) is 4.98 Å². The fourth-order valence-corrected chi connectivity index (χ4v) is 3.38. The molecule has 1 aromatic heterocycles. The number of nitrogens with one attached hydrogen (secondary N) is 1. The molecule has 0 radical (unpaired) electrons. The van der Waals surface area contributed by atoms with Crippen LogP contribution in [0, 0.1) is 5.92 Å². The van der Waals surface area contributed by atoms with Crippen LogP contribution < -0.4 is 5.32 Å². The van der Waals surface area contributed by atoms with Crippen molar-refractivity contribution in [3.8, 4) is 0 Å². The third kappa shape index (κ3) is 2.37. The molecule has 1 N–H and O–H groups in total. The van der Waals surface area contributed by atoms with Crippen LogP contribution in [0.1, 0.15) is 45.9 Å². The molecule has 5 heteroatoms. The van der Waals surface area contributed by atoms with Crippen LogP contribution in [0.3, 0.4) is 0 Å². The molecule has 0 aromatic carbocycles. The monoisotopic (exact) mass is 277 g/mol. The van der Waals surface area contributed by atoms with Crippen molar-refractivity contribution in [3.05, 3.63) is 12.2 Å². The van der Waals surface area contributed by atoms with Gasteiger partial charge < -0.3 is 5.32 Å². The van der Waals surface area contributed by atoms with Crippen molar-refractivity contribution in [2.75, 3.05) is 13.1 Å². The lowest BCUT2D eigenvalue weighted by Gasteiger charge is -2.52. The number of hydrogen-bond acceptors (Lipinski definition) is 4. The highest BCUT2D eigenvalue weighted by Gasteiger charge is 2.50. The molecule has 1 saturated carbocycles. The Hall–Kier alpha value is -0.940. The zero-order valence-electron chi connectivity index (χ0n) is 13.2. The van der Waals surface area contributed by atoms with Gasteiger partial charge in [-0.15, -0.1) is 0 Å². The molecule has 2 atom stereocenters. The average molecular weight is 277 g/mol. The van der Waals surface area contributed by atoms with Crippen LogP contribution >= 0.6 is 0 Å². The van der Waals surface area contributed by atoms with E-state index in [1.165, 1.54) is 12.8 Å². The maximum absolute atomic E-state index is 4.42. The molecule has 0 amide bonds. The minimum absolute atomic E-state index is 0.215. The summed E-state index contributed by atoms with van der Waals surface area (Å²) in [6.45, 7) is 10.1. The van der Waals surface area contributed by atoms with Gasteiger partial charge in [-0.3, -0.25) is 9.58 Å². The van der Waals surface area contributed by atoms with Gasteiger partial charge in [0.15, 0.2) is 0 Å². The van der Waals surface area contributed by atoms with Gasteiger partial charge in [-0.2, -0.15) is 5.10 Å². The molecular weight excluding hydrogens is 250 g/mol. The maximum Gasteiger partial charge on any atom is 0.140 e. The SMILES string of the molecule is CCC1(C)CN(Cc2ncnn2C)C(C)(C2CC2)CN1. The Kier molecular flexibility index (Phi) is 3.37. The second-order valence-electron chi connectivity index (χ2n) is 7.06. The predicted molar refractivity (Wildman–Crippen MR) is 79.2 cm³/mol. The van der Waals surface area contributed by atoms with Crippen LogP contribution in [0.4, 0.5) is 0 Å². The third-order valence-corrected chi connectivity index (χ3v) is 5.51. The summed E-state index contributed by atoms with van der Waals surface area (Å²) in [7, 11) is 1.98. The summed E-state index contributed by atoms with van der Waals surface area (Å²) in [5, 5.41) is 8.01. The van der Waals surface area contributed by atoms with Crippen molar-refractivity contribution >= 4 is 0 Å². The number of piperazine rings is 1. The van der Waals surface area contributed by atoms with E-state index in [1.54, 1.807) is 6.33 Å². The minimum Gasteiger partial charge on any atom is -0.308 e. The lowest BCUT2D eigenvalue weighted by atomic mass is 9.84.